The second-order valence-electron chi connectivity index (χ2n) is 3.03. The third-order valence-corrected chi connectivity index (χ3v) is 1.83. The maximum atomic E-state index is 9.63. The third-order valence-electron chi connectivity index (χ3n) is 1.83. The minimum atomic E-state index is -0.617. The van der Waals surface area contributed by atoms with E-state index in [1.165, 1.54) is 0 Å². The summed E-state index contributed by atoms with van der Waals surface area (Å²) in [5.74, 6) is 0. The molecule has 2 nitrogen and oxygen atoms in total. The molecule has 1 rings (SSSR count). The summed E-state index contributed by atoms with van der Waals surface area (Å²) in [6.45, 7) is 1.77. The Bertz CT molecular complexity index is 277. The Balaban J connectivity index is 2.75. The lowest BCUT2D eigenvalue weighted by molar-refractivity contribution is 0.225. The second-order valence-corrected chi connectivity index (χ2v) is 3.03. The average molecular weight is 178 g/mol. The van der Waals surface area contributed by atoms with Crippen LogP contribution in [0.5, 0.6) is 0 Å². The Kier molecular flexibility index (Phi) is 3.68. The van der Waals surface area contributed by atoms with Crippen molar-refractivity contribution in [3.8, 4) is 0 Å². The first kappa shape index (κ1) is 9.96. The predicted octanol–water partition coefficient (Wildman–Crippen LogP) is 1.66. The van der Waals surface area contributed by atoms with E-state index in [4.69, 9.17) is 5.11 Å². The van der Waals surface area contributed by atoms with Crippen molar-refractivity contribution < 1.29 is 10.2 Å². The quantitative estimate of drug-likeness (QED) is 0.691. The van der Waals surface area contributed by atoms with Crippen LogP contribution in [0.4, 0.5) is 0 Å². The Morgan fingerprint density at radius 2 is 2.00 bits per heavy atom. The SMILES string of the molecule is C/C(=C\C(O)c1ccccc1)CO. The van der Waals surface area contributed by atoms with Crippen molar-refractivity contribution in [1.82, 2.24) is 0 Å². The monoisotopic (exact) mass is 178 g/mol. The Hall–Kier alpha value is -1.12. The van der Waals surface area contributed by atoms with Gasteiger partial charge in [-0.15, -0.1) is 0 Å². The molecule has 1 aromatic carbocycles. The van der Waals surface area contributed by atoms with Crippen molar-refractivity contribution in [2.75, 3.05) is 6.61 Å². The van der Waals surface area contributed by atoms with Crippen molar-refractivity contribution in [2.24, 2.45) is 0 Å². The molecule has 0 aliphatic rings. The first-order valence-corrected chi connectivity index (χ1v) is 4.25. The second kappa shape index (κ2) is 4.80. The van der Waals surface area contributed by atoms with Crippen LogP contribution in [0.25, 0.3) is 0 Å². The van der Waals surface area contributed by atoms with Gasteiger partial charge in [0.15, 0.2) is 0 Å². The molecule has 2 heteroatoms. The van der Waals surface area contributed by atoms with Crippen LogP contribution >= 0.6 is 0 Å². The van der Waals surface area contributed by atoms with Crippen LogP contribution in [0.15, 0.2) is 42.0 Å². The number of hydrogen-bond acceptors (Lipinski definition) is 2. The van der Waals surface area contributed by atoms with Crippen molar-refractivity contribution in [3.05, 3.63) is 47.5 Å². The van der Waals surface area contributed by atoms with E-state index in [-0.39, 0.29) is 6.61 Å². The summed E-state index contributed by atoms with van der Waals surface area (Å²) in [7, 11) is 0. The summed E-state index contributed by atoms with van der Waals surface area (Å²) in [5.41, 5.74) is 1.62. The van der Waals surface area contributed by atoms with Gasteiger partial charge in [0.05, 0.1) is 12.7 Å². The van der Waals surface area contributed by atoms with Crippen LogP contribution in [0.1, 0.15) is 18.6 Å². The van der Waals surface area contributed by atoms with E-state index in [9.17, 15) is 5.11 Å². The summed E-state index contributed by atoms with van der Waals surface area (Å²) in [5, 5.41) is 18.4. The molecular formula is C11H14O2. The average Bonchev–Trinajstić information content (AvgIpc) is 2.19. The van der Waals surface area contributed by atoms with Crippen molar-refractivity contribution >= 4 is 0 Å². The number of aliphatic hydroxyl groups excluding tert-OH is 2. The molecule has 1 unspecified atom stereocenters. The summed E-state index contributed by atoms with van der Waals surface area (Å²) in [6, 6.07) is 9.36. The number of benzene rings is 1. The van der Waals surface area contributed by atoms with Crippen LogP contribution in [0, 0.1) is 0 Å². The predicted molar refractivity (Wildman–Crippen MR) is 52.2 cm³/mol. The van der Waals surface area contributed by atoms with Crippen LogP contribution in [-0.4, -0.2) is 16.8 Å². The Labute approximate surface area is 78.2 Å². The molecule has 2 N–H and O–H groups in total. The molecule has 70 valence electrons. The molecule has 0 saturated heterocycles. The standard InChI is InChI=1S/C11H14O2/c1-9(8-12)7-11(13)10-5-3-2-4-6-10/h2-7,11-13H,8H2,1H3/b9-7+. The van der Waals surface area contributed by atoms with Gasteiger partial charge in [-0.3, -0.25) is 0 Å². The first-order valence-electron chi connectivity index (χ1n) is 4.25. The molecule has 0 aliphatic carbocycles. The van der Waals surface area contributed by atoms with E-state index in [1.807, 2.05) is 30.3 Å². The van der Waals surface area contributed by atoms with E-state index in [0.29, 0.717) is 0 Å². The zero-order valence-corrected chi connectivity index (χ0v) is 7.64. The van der Waals surface area contributed by atoms with E-state index in [2.05, 4.69) is 0 Å². The van der Waals surface area contributed by atoms with Gasteiger partial charge in [-0.2, -0.15) is 0 Å². The van der Waals surface area contributed by atoms with Crippen molar-refractivity contribution in [1.29, 1.82) is 0 Å². The first-order chi connectivity index (χ1) is 6.24. The lowest BCUT2D eigenvalue weighted by atomic mass is 10.1. The zero-order valence-electron chi connectivity index (χ0n) is 7.64. The third kappa shape index (κ3) is 3.01. The summed E-state index contributed by atoms with van der Waals surface area (Å²) in [6.07, 6.45) is 1.03. The van der Waals surface area contributed by atoms with E-state index in [0.717, 1.165) is 11.1 Å². The fourth-order valence-corrected chi connectivity index (χ4v) is 1.07. The lowest BCUT2D eigenvalue weighted by Crippen LogP contribution is -1.95. The van der Waals surface area contributed by atoms with Gasteiger partial charge in [-0.25, -0.2) is 0 Å². The largest absolute Gasteiger partial charge is 0.392 e. The molecule has 13 heavy (non-hydrogen) atoms. The molecule has 0 bridgehead atoms. The number of aliphatic hydroxyl groups is 2. The van der Waals surface area contributed by atoms with Crippen molar-refractivity contribution in [3.63, 3.8) is 0 Å². The molecule has 0 fully saturated rings. The molecule has 1 atom stereocenters. The molecule has 1 aromatic rings. The minimum Gasteiger partial charge on any atom is -0.392 e. The van der Waals surface area contributed by atoms with E-state index in [1.54, 1.807) is 13.0 Å². The van der Waals surface area contributed by atoms with Crippen LogP contribution < -0.4 is 0 Å². The maximum absolute atomic E-state index is 9.63. The highest BCUT2D eigenvalue weighted by Crippen LogP contribution is 2.14. The summed E-state index contributed by atoms with van der Waals surface area (Å²) < 4.78 is 0. The van der Waals surface area contributed by atoms with E-state index >= 15 is 0 Å². The molecule has 0 aliphatic heterocycles. The highest BCUT2D eigenvalue weighted by molar-refractivity contribution is 5.22. The molecule has 0 radical (unpaired) electrons. The summed E-state index contributed by atoms with van der Waals surface area (Å²) >= 11 is 0. The fourth-order valence-electron chi connectivity index (χ4n) is 1.07. The lowest BCUT2D eigenvalue weighted by Gasteiger charge is -2.06. The normalized spacial score (nSPS) is 14.2. The molecule has 0 spiro atoms. The fraction of sp³-hybridized carbons (Fsp3) is 0.273. The molecule has 0 aromatic heterocycles. The Morgan fingerprint density at radius 3 is 2.54 bits per heavy atom. The maximum Gasteiger partial charge on any atom is 0.0975 e. The van der Waals surface area contributed by atoms with Gasteiger partial charge in [-0.05, 0) is 18.1 Å². The molecule has 0 amide bonds. The minimum absolute atomic E-state index is 0.0100. The van der Waals surface area contributed by atoms with Crippen molar-refractivity contribution in [2.45, 2.75) is 13.0 Å². The molecular weight excluding hydrogens is 164 g/mol. The van der Waals surface area contributed by atoms with E-state index < -0.39 is 6.10 Å². The Morgan fingerprint density at radius 1 is 1.38 bits per heavy atom. The molecule has 0 saturated carbocycles. The van der Waals surface area contributed by atoms with Gasteiger partial charge in [0.25, 0.3) is 0 Å². The van der Waals surface area contributed by atoms with Gasteiger partial charge in [-0.1, -0.05) is 36.4 Å². The van der Waals surface area contributed by atoms with Gasteiger partial charge < -0.3 is 10.2 Å². The van der Waals surface area contributed by atoms with Crippen LogP contribution in [-0.2, 0) is 0 Å². The number of rotatable bonds is 3. The molecule has 0 heterocycles. The highest BCUT2D eigenvalue weighted by atomic mass is 16.3. The van der Waals surface area contributed by atoms with Gasteiger partial charge in [0.1, 0.15) is 0 Å². The van der Waals surface area contributed by atoms with Gasteiger partial charge in [0, 0.05) is 0 Å². The highest BCUT2D eigenvalue weighted by Gasteiger charge is 2.02. The smallest absolute Gasteiger partial charge is 0.0975 e. The van der Waals surface area contributed by atoms with Crippen LogP contribution in [0.2, 0.25) is 0 Å². The van der Waals surface area contributed by atoms with Crippen LogP contribution in [0.3, 0.4) is 0 Å². The topological polar surface area (TPSA) is 40.5 Å². The zero-order chi connectivity index (χ0) is 9.68. The van der Waals surface area contributed by atoms with Gasteiger partial charge >= 0.3 is 0 Å². The summed E-state index contributed by atoms with van der Waals surface area (Å²) in [4.78, 5) is 0. The van der Waals surface area contributed by atoms with Gasteiger partial charge in [0.2, 0.25) is 0 Å². The number of hydrogen-bond donors (Lipinski definition) is 2.